The molecule has 2 heterocycles. The lowest BCUT2D eigenvalue weighted by Gasteiger charge is -2.13. The summed E-state index contributed by atoms with van der Waals surface area (Å²) in [6.45, 7) is 7.35. The van der Waals surface area contributed by atoms with Crippen LogP contribution in [0.3, 0.4) is 0 Å². The number of hydrogen-bond donors (Lipinski definition) is 1. The van der Waals surface area contributed by atoms with Crippen LogP contribution in [0.15, 0.2) is 57.9 Å². The highest BCUT2D eigenvalue weighted by Crippen LogP contribution is 2.36. The number of imide groups is 1. The summed E-state index contributed by atoms with van der Waals surface area (Å²) in [6.07, 6.45) is 1.39. The first kappa shape index (κ1) is 25.9. The van der Waals surface area contributed by atoms with E-state index >= 15 is 0 Å². The molecule has 1 aliphatic heterocycles. The zero-order valence-electron chi connectivity index (χ0n) is 20.7. The van der Waals surface area contributed by atoms with E-state index in [-0.39, 0.29) is 22.1 Å². The average molecular weight is 520 g/mol. The molecular formula is C27H25N3O6S. The van der Waals surface area contributed by atoms with E-state index in [0.717, 1.165) is 21.6 Å². The Kier molecular flexibility index (Phi) is 7.30. The molecule has 0 spiro atoms. The Balaban J connectivity index is 1.48. The largest absolute Gasteiger partial charge is 0.456 e. The minimum Gasteiger partial charge on any atom is -0.456 e. The van der Waals surface area contributed by atoms with Crippen LogP contribution in [0.4, 0.5) is 16.2 Å². The fourth-order valence-corrected chi connectivity index (χ4v) is 4.60. The zero-order chi connectivity index (χ0) is 26.9. The average Bonchev–Trinajstić information content (AvgIpc) is 3.41. The topological polar surface area (TPSA) is 123 Å². The Hall–Kier alpha value is -4.18. The predicted molar refractivity (Wildman–Crippen MR) is 142 cm³/mol. The van der Waals surface area contributed by atoms with Crippen LogP contribution in [0.25, 0.3) is 17.4 Å². The van der Waals surface area contributed by atoms with Crippen molar-refractivity contribution in [3.8, 4) is 11.3 Å². The second kappa shape index (κ2) is 10.4. The van der Waals surface area contributed by atoms with Gasteiger partial charge in [-0.3, -0.25) is 29.4 Å². The number of nitro groups is 1. The lowest BCUT2D eigenvalue weighted by molar-refractivity contribution is -0.384. The van der Waals surface area contributed by atoms with Crippen molar-refractivity contribution in [2.24, 2.45) is 0 Å². The molecule has 9 nitrogen and oxygen atoms in total. The molecule has 0 aliphatic carbocycles. The molecule has 2 aromatic carbocycles. The van der Waals surface area contributed by atoms with Crippen LogP contribution in [0, 0.1) is 24.0 Å². The number of anilines is 1. The molecular weight excluding hydrogens is 494 g/mol. The van der Waals surface area contributed by atoms with Gasteiger partial charge in [-0.2, -0.15) is 0 Å². The summed E-state index contributed by atoms with van der Waals surface area (Å²) in [4.78, 5) is 49.8. The summed E-state index contributed by atoms with van der Waals surface area (Å²) >= 11 is 0.698. The molecule has 4 rings (SSSR count). The van der Waals surface area contributed by atoms with Gasteiger partial charge < -0.3 is 9.73 Å². The van der Waals surface area contributed by atoms with E-state index in [4.69, 9.17) is 4.42 Å². The molecule has 190 valence electrons. The standard InChI is InChI=1S/C27H25N3O6S/c1-15(2)18-5-7-19(8-6-18)28-25(31)14-29-26(32)24(37-27(29)33)13-20-9-10-23(36-20)21-11-16(3)17(4)12-22(21)30(34)35/h5-13,15H,14H2,1-4H3,(H,28,31)/b24-13-. The molecule has 0 bridgehead atoms. The second-order valence-electron chi connectivity index (χ2n) is 9.01. The molecule has 1 aromatic heterocycles. The van der Waals surface area contributed by atoms with Crippen molar-refractivity contribution in [3.05, 3.63) is 86.0 Å². The molecule has 1 saturated heterocycles. The smallest absolute Gasteiger partial charge is 0.294 e. The van der Waals surface area contributed by atoms with Gasteiger partial charge in [0.2, 0.25) is 5.91 Å². The normalized spacial score (nSPS) is 14.6. The number of nitro benzene ring substituents is 1. The summed E-state index contributed by atoms with van der Waals surface area (Å²) in [5.74, 6) is -0.238. The van der Waals surface area contributed by atoms with Crippen LogP contribution in [0.2, 0.25) is 0 Å². The van der Waals surface area contributed by atoms with Gasteiger partial charge in [0, 0.05) is 17.8 Å². The minimum atomic E-state index is -0.615. The van der Waals surface area contributed by atoms with E-state index in [1.165, 1.54) is 12.1 Å². The van der Waals surface area contributed by atoms with Crippen molar-refractivity contribution in [2.75, 3.05) is 11.9 Å². The van der Waals surface area contributed by atoms with Crippen molar-refractivity contribution >= 4 is 46.3 Å². The lowest BCUT2D eigenvalue weighted by atomic mass is 10.0. The molecule has 3 amide bonds. The van der Waals surface area contributed by atoms with Gasteiger partial charge in [-0.1, -0.05) is 26.0 Å². The van der Waals surface area contributed by atoms with E-state index in [2.05, 4.69) is 19.2 Å². The van der Waals surface area contributed by atoms with E-state index < -0.39 is 28.5 Å². The van der Waals surface area contributed by atoms with E-state index in [0.29, 0.717) is 28.9 Å². The van der Waals surface area contributed by atoms with Gasteiger partial charge in [0.1, 0.15) is 18.1 Å². The number of thioether (sulfide) groups is 1. The predicted octanol–water partition coefficient (Wildman–Crippen LogP) is 6.27. The van der Waals surface area contributed by atoms with Gasteiger partial charge in [0.15, 0.2) is 0 Å². The summed E-state index contributed by atoms with van der Waals surface area (Å²) in [6, 6.07) is 13.7. The van der Waals surface area contributed by atoms with Gasteiger partial charge in [-0.15, -0.1) is 0 Å². The van der Waals surface area contributed by atoms with Crippen molar-refractivity contribution in [1.82, 2.24) is 4.90 Å². The number of aryl methyl sites for hydroxylation is 2. The van der Waals surface area contributed by atoms with E-state index in [1.807, 2.05) is 19.1 Å². The maximum Gasteiger partial charge on any atom is 0.294 e. The second-order valence-corrected chi connectivity index (χ2v) is 10.00. The Morgan fingerprint density at radius 1 is 1.11 bits per heavy atom. The molecule has 10 heteroatoms. The highest BCUT2D eigenvalue weighted by Gasteiger charge is 2.36. The van der Waals surface area contributed by atoms with Gasteiger partial charge in [0.25, 0.3) is 16.8 Å². The summed E-state index contributed by atoms with van der Waals surface area (Å²) < 4.78 is 5.77. The number of nitrogens with zero attached hydrogens (tertiary/aromatic N) is 2. The summed E-state index contributed by atoms with van der Waals surface area (Å²) in [7, 11) is 0. The third-order valence-electron chi connectivity index (χ3n) is 6.01. The van der Waals surface area contributed by atoms with E-state index in [9.17, 15) is 24.5 Å². The zero-order valence-corrected chi connectivity index (χ0v) is 21.5. The number of benzene rings is 2. The monoisotopic (exact) mass is 519 g/mol. The summed E-state index contributed by atoms with van der Waals surface area (Å²) in [5, 5.41) is 13.7. The molecule has 0 atom stereocenters. The van der Waals surface area contributed by atoms with Gasteiger partial charge in [0.05, 0.1) is 15.4 Å². The fourth-order valence-electron chi connectivity index (χ4n) is 3.79. The number of carbonyl (C=O) groups is 3. The van der Waals surface area contributed by atoms with Crippen molar-refractivity contribution in [3.63, 3.8) is 0 Å². The first-order valence-corrected chi connectivity index (χ1v) is 12.4. The highest BCUT2D eigenvalue weighted by atomic mass is 32.2. The van der Waals surface area contributed by atoms with Crippen LogP contribution >= 0.6 is 11.8 Å². The fraction of sp³-hybridized carbons (Fsp3) is 0.222. The maximum atomic E-state index is 12.8. The molecule has 0 radical (unpaired) electrons. The number of carbonyl (C=O) groups excluding carboxylic acids is 3. The Bertz CT molecular complexity index is 1440. The minimum absolute atomic E-state index is 0.0887. The van der Waals surface area contributed by atoms with Crippen LogP contribution in [0.1, 0.15) is 42.2 Å². The Morgan fingerprint density at radius 3 is 2.43 bits per heavy atom. The third-order valence-corrected chi connectivity index (χ3v) is 6.92. The molecule has 0 unspecified atom stereocenters. The van der Waals surface area contributed by atoms with Gasteiger partial charge in [-0.05, 0) is 78.5 Å². The maximum absolute atomic E-state index is 12.8. The molecule has 1 fully saturated rings. The van der Waals surface area contributed by atoms with Gasteiger partial charge in [-0.25, -0.2) is 0 Å². The van der Waals surface area contributed by atoms with Crippen molar-refractivity contribution in [2.45, 2.75) is 33.6 Å². The molecule has 1 N–H and O–H groups in total. The van der Waals surface area contributed by atoms with Gasteiger partial charge >= 0.3 is 0 Å². The first-order valence-electron chi connectivity index (χ1n) is 11.5. The third kappa shape index (κ3) is 5.64. The quantitative estimate of drug-likeness (QED) is 0.222. The van der Waals surface area contributed by atoms with Crippen LogP contribution < -0.4 is 5.32 Å². The number of hydrogen-bond acceptors (Lipinski definition) is 7. The molecule has 3 aromatic rings. The molecule has 1 aliphatic rings. The van der Waals surface area contributed by atoms with E-state index in [1.54, 1.807) is 37.3 Å². The Morgan fingerprint density at radius 2 is 1.78 bits per heavy atom. The number of amides is 3. The number of furan rings is 1. The number of rotatable bonds is 7. The highest BCUT2D eigenvalue weighted by molar-refractivity contribution is 8.18. The van der Waals surface area contributed by atoms with Crippen LogP contribution in [-0.4, -0.2) is 33.4 Å². The summed E-state index contributed by atoms with van der Waals surface area (Å²) in [5.41, 5.74) is 3.58. The van der Waals surface area contributed by atoms with Crippen molar-refractivity contribution in [1.29, 1.82) is 0 Å². The Labute approximate surface area is 217 Å². The number of nitrogens with one attached hydrogen (secondary N) is 1. The van der Waals surface area contributed by atoms with Crippen molar-refractivity contribution < 1.29 is 23.7 Å². The molecule has 37 heavy (non-hydrogen) atoms. The van der Waals surface area contributed by atoms with Crippen LogP contribution in [0.5, 0.6) is 0 Å². The lowest BCUT2D eigenvalue weighted by Crippen LogP contribution is -2.36. The molecule has 0 saturated carbocycles. The van der Waals surface area contributed by atoms with Crippen LogP contribution in [-0.2, 0) is 9.59 Å². The SMILES string of the molecule is Cc1cc(-c2ccc(/C=C3\SC(=O)N(CC(=O)Nc4ccc(C(C)C)cc4)C3=O)o2)c([N+](=O)[O-])cc1C. The first-order chi connectivity index (χ1) is 17.5.